The summed E-state index contributed by atoms with van der Waals surface area (Å²) in [6.45, 7) is 4.81. The molecule has 1 saturated carbocycles. The predicted molar refractivity (Wildman–Crippen MR) is 297 cm³/mol. The maximum Gasteiger partial charge on any atom is 0.0546 e. The molecule has 3 atom stereocenters. The summed E-state index contributed by atoms with van der Waals surface area (Å²) in [5, 5.41) is 2.50. The minimum Gasteiger partial charge on any atom is -0.310 e. The van der Waals surface area contributed by atoms with Crippen molar-refractivity contribution in [3.05, 3.63) is 264 Å². The molecule has 2 nitrogen and oxygen atoms in total. The lowest BCUT2D eigenvalue weighted by Crippen LogP contribution is -2.42. The third-order valence-corrected chi connectivity index (χ3v) is 17.2. The first-order chi connectivity index (χ1) is 35.0. The molecular weight excluding hydrogens is 857 g/mol. The van der Waals surface area contributed by atoms with Gasteiger partial charge in [0, 0.05) is 33.5 Å². The maximum absolute atomic E-state index is 2.64. The Balaban J connectivity index is 1.01. The minimum atomic E-state index is -0.198. The molecule has 10 aromatic carbocycles. The highest BCUT2D eigenvalue weighted by Crippen LogP contribution is 2.68. The highest BCUT2D eigenvalue weighted by molar-refractivity contribution is 6.06. The number of nitrogens with zero attached hydrogens (tertiary/aromatic N) is 2. The molecule has 0 heterocycles. The van der Waals surface area contributed by atoms with E-state index in [0.29, 0.717) is 11.8 Å². The van der Waals surface area contributed by atoms with E-state index in [1.54, 1.807) is 0 Å². The number of hydrogen-bond donors (Lipinski definition) is 0. The molecule has 0 amide bonds. The second-order valence-corrected chi connectivity index (χ2v) is 21.1. The Kier molecular flexibility index (Phi) is 9.65. The molecule has 3 unspecified atom stereocenters. The van der Waals surface area contributed by atoms with E-state index in [4.69, 9.17) is 0 Å². The molecule has 4 aliphatic rings. The molecule has 0 aliphatic heterocycles. The summed E-state index contributed by atoms with van der Waals surface area (Å²) in [4.78, 5) is 5.27. The molecule has 4 aliphatic carbocycles. The average Bonchev–Trinajstić information content (AvgIpc) is 4.04. The molecular formula is C69H56N2. The Bertz CT molecular complexity index is 3660. The van der Waals surface area contributed by atoms with E-state index >= 15 is 0 Å². The zero-order valence-electron chi connectivity index (χ0n) is 40.5. The van der Waals surface area contributed by atoms with E-state index in [0.717, 1.165) is 12.8 Å². The van der Waals surface area contributed by atoms with Crippen LogP contribution < -0.4 is 9.80 Å². The number of para-hydroxylation sites is 2. The Labute approximate surface area is 418 Å². The minimum absolute atomic E-state index is 0.118. The number of fused-ring (bicyclic) bond motifs is 6. The summed E-state index contributed by atoms with van der Waals surface area (Å²) < 4.78 is 0. The van der Waals surface area contributed by atoms with Crippen LogP contribution in [0.4, 0.5) is 34.1 Å². The molecule has 0 radical (unpaired) electrons. The van der Waals surface area contributed by atoms with E-state index in [-0.39, 0.29) is 10.8 Å². The van der Waals surface area contributed by atoms with Crippen LogP contribution in [0.3, 0.4) is 0 Å². The number of benzene rings is 10. The fraction of sp³-hybridized carbons (Fsp3) is 0.159. The zero-order chi connectivity index (χ0) is 47.3. The van der Waals surface area contributed by atoms with Crippen LogP contribution in [0, 0.1) is 11.8 Å². The Morgan fingerprint density at radius 3 is 1.63 bits per heavy atom. The summed E-state index contributed by atoms with van der Waals surface area (Å²) in [7, 11) is 0. The number of rotatable bonds is 8. The molecule has 0 bridgehead atoms. The van der Waals surface area contributed by atoms with Crippen molar-refractivity contribution in [1.82, 2.24) is 0 Å². The predicted octanol–water partition coefficient (Wildman–Crippen LogP) is 18.2. The Hall–Kier alpha value is -7.94. The van der Waals surface area contributed by atoms with Gasteiger partial charge in [-0.2, -0.15) is 0 Å². The quantitative estimate of drug-likeness (QED) is 0.150. The normalized spacial score (nSPS) is 18.7. The summed E-state index contributed by atoms with van der Waals surface area (Å²) in [6.07, 6.45) is 5.87. The highest BCUT2D eigenvalue weighted by atomic mass is 15.2. The van der Waals surface area contributed by atoms with Gasteiger partial charge in [-0.25, -0.2) is 0 Å². The third kappa shape index (κ3) is 6.33. The van der Waals surface area contributed by atoms with Gasteiger partial charge in [0.15, 0.2) is 0 Å². The molecule has 2 heteroatoms. The van der Waals surface area contributed by atoms with Crippen LogP contribution in [0.1, 0.15) is 66.5 Å². The highest BCUT2D eigenvalue weighted by Gasteiger charge is 2.60. The van der Waals surface area contributed by atoms with Crippen molar-refractivity contribution in [1.29, 1.82) is 0 Å². The van der Waals surface area contributed by atoms with E-state index in [1.807, 2.05) is 0 Å². The molecule has 1 fully saturated rings. The molecule has 0 saturated heterocycles. The van der Waals surface area contributed by atoms with E-state index < -0.39 is 0 Å². The molecule has 0 N–H and O–H groups in total. The fourth-order valence-electron chi connectivity index (χ4n) is 14.3. The Morgan fingerprint density at radius 1 is 0.394 bits per heavy atom. The largest absolute Gasteiger partial charge is 0.310 e. The Morgan fingerprint density at radius 2 is 0.944 bits per heavy atom. The van der Waals surface area contributed by atoms with Gasteiger partial charge in [0.25, 0.3) is 0 Å². The van der Waals surface area contributed by atoms with E-state index in [1.165, 1.54) is 131 Å². The maximum atomic E-state index is 2.64. The monoisotopic (exact) mass is 912 g/mol. The molecule has 1 spiro atoms. The van der Waals surface area contributed by atoms with Gasteiger partial charge in [0.2, 0.25) is 0 Å². The van der Waals surface area contributed by atoms with Crippen LogP contribution >= 0.6 is 0 Å². The standard InChI is InChI=1S/C69H56N2/c1-68(2)60-32-15-14-31-58(60)59-41-40-56(45-61(59)68)70(54-26-8-4-9-27-54)63-33-16-22-50-43-52-24-18-25-53-44-51-23-17-34-64(67(51)69(52,53)66(50)63)71(55-28-10-5-11-29-55)62-42-39-48-21-12-13-30-57(48)65(62)49-37-35-47(36-38-49)46-19-6-3-7-20-46/h3-17,19-23,26-42,45,52-53H,18,24-25,43-44H2,1-2H3. The van der Waals surface area contributed by atoms with Gasteiger partial charge in [-0.3, -0.25) is 0 Å². The average molecular weight is 913 g/mol. The fourth-order valence-corrected chi connectivity index (χ4v) is 14.3. The summed E-state index contributed by atoms with van der Waals surface area (Å²) >= 11 is 0. The van der Waals surface area contributed by atoms with Crippen molar-refractivity contribution < 1.29 is 0 Å². The van der Waals surface area contributed by atoms with Crippen molar-refractivity contribution in [3.63, 3.8) is 0 Å². The van der Waals surface area contributed by atoms with Crippen LogP contribution in [0.5, 0.6) is 0 Å². The molecule has 10 aromatic rings. The van der Waals surface area contributed by atoms with E-state index in [9.17, 15) is 0 Å². The number of anilines is 6. The zero-order valence-corrected chi connectivity index (χ0v) is 40.5. The van der Waals surface area contributed by atoms with Gasteiger partial charge in [-0.05, 0) is 164 Å². The smallest absolute Gasteiger partial charge is 0.0546 e. The first-order valence-corrected chi connectivity index (χ1v) is 25.9. The SMILES string of the molecule is CC1(C)c2ccccc2-c2ccc(N(c3ccccc3)c3cccc4c3C35c6c(cccc6N(c6ccccc6)c6ccc7ccccc7c6-c6ccc(-c7ccccc7)cc6)CC3CCCC5C4)cc21. The van der Waals surface area contributed by atoms with Crippen LogP contribution in [0.25, 0.3) is 44.2 Å². The molecule has 14 rings (SSSR count). The van der Waals surface area contributed by atoms with Gasteiger partial charge in [-0.15, -0.1) is 0 Å². The number of hydrogen-bond acceptors (Lipinski definition) is 2. The van der Waals surface area contributed by atoms with Crippen LogP contribution in [0.15, 0.2) is 231 Å². The third-order valence-electron chi connectivity index (χ3n) is 17.2. The van der Waals surface area contributed by atoms with Gasteiger partial charge in [0.05, 0.1) is 17.1 Å². The lowest BCUT2D eigenvalue weighted by Gasteiger charge is -2.46. The van der Waals surface area contributed by atoms with Gasteiger partial charge >= 0.3 is 0 Å². The lowest BCUT2D eigenvalue weighted by molar-refractivity contribution is 0.177. The molecule has 0 aromatic heterocycles. The van der Waals surface area contributed by atoms with Gasteiger partial charge in [-0.1, -0.05) is 196 Å². The van der Waals surface area contributed by atoms with Gasteiger partial charge in [0.1, 0.15) is 0 Å². The van der Waals surface area contributed by atoms with Crippen LogP contribution in [-0.4, -0.2) is 0 Å². The summed E-state index contributed by atoms with van der Waals surface area (Å²) in [5.41, 5.74) is 23.6. The van der Waals surface area contributed by atoms with Crippen LogP contribution in [-0.2, 0) is 23.7 Å². The first-order valence-electron chi connectivity index (χ1n) is 25.9. The second kappa shape index (κ2) is 16.3. The van der Waals surface area contributed by atoms with Crippen molar-refractivity contribution in [2.24, 2.45) is 11.8 Å². The van der Waals surface area contributed by atoms with Crippen LogP contribution in [0.2, 0.25) is 0 Å². The van der Waals surface area contributed by atoms with Crippen molar-refractivity contribution in [2.75, 3.05) is 9.80 Å². The van der Waals surface area contributed by atoms with E-state index in [2.05, 4.69) is 254 Å². The van der Waals surface area contributed by atoms with Crippen molar-refractivity contribution in [3.8, 4) is 33.4 Å². The summed E-state index contributed by atoms with van der Waals surface area (Å²) in [6, 6.07) is 87.0. The lowest BCUT2D eigenvalue weighted by atomic mass is 9.58. The molecule has 342 valence electrons. The van der Waals surface area contributed by atoms with Crippen molar-refractivity contribution in [2.45, 2.75) is 56.8 Å². The topological polar surface area (TPSA) is 6.48 Å². The molecule has 71 heavy (non-hydrogen) atoms. The second-order valence-electron chi connectivity index (χ2n) is 21.1. The summed E-state index contributed by atoms with van der Waals surface area (Å²) in [5.74, 6) is 0.954. The van der Waals surface area contributed by atoms with Crippen molar-refractivity contribution >= 4 is 44.9 Å². The van der Waals surface area contributed by atoms with Gasteiger partial charge < -0.3 is 9.80 Å². The first kappa shape index (κ1) is 42.0.